The molecule has 9 heteroatoms. The second-order valence-electron chi connectivity index (χ2n) is 8.75. The molecule has 0 bridgehead atoms. The number of anilines is 1. The number of halogens is 2. The van der Waals surface area contributed by atoms with Crippen LogP contribution in [0.3, 0.4) is 0 Å². The minimum atomic E-state index is -0.502. The van der Waals surface area contributed by atoms with Crippen LogP contribution in [0.15, 0.2) is 48.8 Å². The fraction of sp³-hybridized carbons (Fsp3) is 0.240. The molecule has 1 unspecified atom stereocenters. The van der Waals surface area contributed by atoms with E-state index in [1.165, 1.54) is 18.2 Å². The standard InChI is InChI=1S/C25H22F2N6O/c1-25(29)5-7-33(14-25)23-18(15-9-16(26)11-17(10-15)34-8-6-28)12-30-13-19(23)24-31-21-4-2-3-20(27)22(21)32-24/h2-4,9-13H,5,7-8,14,29H2,1H3,(H,31,32). The van der Waals surface area contributed by atoms with E-state index >= 15 is 0 Å². The third-order valence-corrected chi connectivity index (χ3v) is 5.94. The smallest absolute Gasteiger partial charge is 0.174 e. The average molecular weight is 460 g/mol. The van der Waals surface area contributed by atoms with E-state index in [1.807, 2.05) is 13.0 Å². The molecule has 0 saturated carbocycles. The van der Waals surface area contributed by atoms with Crippen LogP contribution in [0, 0.1) is 23.0 Å². The molecule has 3 N–H and O–H groups in total. The number of aromatic amines is 1. The maximum atomic E-state index is 14.5. The van der Waals surface area contributed by atoms with Crippen LogP contribution < -0.4 is 15.4 Å². The first kappa shape index (κ1) is 21.8. The summed E-state index contributed by atoms with van der Waals surface area (Å²) in [5.74, 6) is -0.236. The van der Waals surface area contributed by atoms with E-state index in [2.05, 4.69) is 19.9 Å². The van der Waals surface area contributed by atoms with Crippen molar-refractivity contribution in [2.45, 2.75) is 18.9 Å². The van der Waals surface area contributed by atoms with Crippen molar-refractivity contribution >= 4 is 16.7 Å². The van der Waals surface area contributed by atoms with Crippen molar-refractivity contribution in [1.29, 1.82) is 5.26 Å². The molecule has 1 saturated heterocycles. The Balaban J connectivity index is 1.71. The summed E-state index contributed by atoms with van der Waals surface area (Å²) in [5, 5.41) is 8.83. The number of ether oxygens (including phenoxy) is 1. The van der Waals surface area contributed by atoms with Gasteiger partial charge in [0.05, 0.1) is 16.8 Å². The van der Waals surface area contributed by atoms with Crippen molar-refractivity contribution in [3.8, 4) is 34.3 Å². The van der Waals surface area contributed by atoms with Crippen molar-refractivity contribution in [2.24, 2.45) is 5.73 Å². The highest BCUT2D eigenvalue weighted by Crippen LogP contribution is 2.42. The van der Waals surface area contributed by atoms with Gasteiger partial charge in [-0.1, -0.05) is 6.07 Å². The number of nitrogens with zero attached hydrogens (tertiary/aromatic N) is 4. The molecule has 5 rings (SSSR count). The molecule has 2 aromatic heterocycles. The monoisotopic (exact) mass is 460 g/mol. The van der Waals surface area contributed by atoms with Gasteiger partial charge in [-0.05, 0) is 43.2 Å². The number of H-pyrrole nitrogens is 1. The molecule has 3 heterocycles. The van der Waals surface area contributed by atoms with Gasteiger partial charge in [0.15, 0.2) is 12.4 Å². The van der Waals surface area contributed by atoms with Gasteiger partial charge < -0.3 is 20.4 Å². The summed E-state index contributed by atoms with van der Waals surface area (Å²) in [7, 11) is 0. The number of hydrogen-bond donors (Lipinski definition) is 2. The van der Waals surface area contributed by atoms with Crippen LogP contribution in [0.1, 0.15) is 13.3 Å². The van der Waals surface area contributed by atoms with Gasteiger partial charge in [-0.15, -0.1) is 0 Å². The van der Waals surface area contributed by atoms with Gasteiger partial charge >= 0.3 is 0 Å². The second-order valence-corrected chi connectivity index (χ2v) is 8.75. The number of para-hydroxylation sites is 1. The van der Waals surface area contributed by atoms with Gasteiger partial charge in [-0.2, -0.15) is 5.26 Å². The number of imidazole rings is 1. The summed E-state index contributed by atoms with van der Waals surface area (Å²) in [5.41, 5.74) is 9.42. The molecule has 0 aliphatic carbocycles. The molecule has 0 spiro atoms. The van der Waals surface area contributed by atoms with Crippen LogP contribution in [0.2, 0.25) is 0 Å². The summed E-state index contributed by atoms with van der Waals surface area (Å²) in [6, 6.07) is 10.9. The van der Waals surface area contributed by atoms with Crippen molar-refractivity contribution in [3.63, 3.8) is 0 Å². The normalized spacial score (nSPS) is 17.8. The number of nitrogens with one attached hydrogen (secondary N) is 1. The summed E-state index contributed by atoms with van der Waals surface area (Å²) in [6.45, 7) is 3.04. The molecule has 34 heavy (non-hydrogen) atoms. The van der Waals surface area contributed by atoms with Crippen LogP contribution in [0.25, 0.3) is 33.5 Å². The Morgan fingerprint density at radius 3 is 2.79 bits per heavy atom. The van der Waals surface area contributed by atoms with E-state index in [4.69, 9.17) is 15.7 Å². The third-order valence-electron chi connectivity index (χ3n) is 5.94. The highest BCUT2D eigenvalue weighted by atomic mass is 19.1. The first-order valence-electron chi connectivity index (χ1n) is 10.8. The van der Waals surface area contributed by atoms with E-state index < -0.39 is 17.2 Å². The number of benzene rings is 2. The number of fused-ring (bicyclic) bond motifs is 1. The van der Waals surface area contributed by atoms with E-state index in [9.17, 15) is 8.78 Å². The van der Waals surface area contributed by atoms with E-state index in [1.54, 1.807) is 30.6 Å². The predicted octanol–water partition coefficient (Wildman–Crippen LogP) is 4.40. The van der Waals surface area contributed by atoms with Crippen LogP contribution in [0.4, 0.5) is 14.5 Å². The topological polar surface area (TPSA) is 104 Å². The lowest BCUT2D eigenvalue weighted by Gasteiger charge is -2.26. The summed E-state index contributed by atoms with van der Waals surface area (Å²) in [4.78, 5) is 14.2. The number of hydrogen-bond acceptors (Lipinski definition) is 6. The van der Waals surface area contributed by atoms with Crippen LogP contribution >= 0.6 is 0 Å². The Hall–Kier alpha value is -4.03. The van der Waals surface area contributed by atoms with E-state index in [-0.39, 0.29) is 17.9 Å². The van der Waals surface area contributed by atoms with Crippen molar-refractivity contribution < 1.29 is 13.5 Å². The minimum Gasteiger partial charge on any atom is -0.479 e. The van der Waals surface area contributed by atoms with Gasteiger partial charge in [-0.25, -0.2) is 13.8 Å². The zero-order valence-corrected chi connectivity index (χ0v) is 18.5. The Morgan fingerprint density at radius 2 is 2.06 bits per heavy atom. The van der Waals surface area contributed by atoms with E-state index in [0.29, 0.717) is 41.1 Å². The van der Waals surface area contributed by atoms with Crippen molar-refractivity contribution in [2.75, 3.05) is 24.6 Å². The maximum absolute atomic E-state index is 14.5. The van der Waals surface area contributed by atoms with Crippen LogP contribution in [-0.4, -0.2) is 40.2 Å². The largest absolute Gasteiger partial charge is 0.479 e. The first-order valence-corrected chi connectivity index (χ1v) is 10.8. The van der Waals surface area contributed by atoms with Gasteiger partial charge in [0, 0.05) is 42.7 Å². The average Bonchev–Trinajstić information content (AvgIpc) is 3.40. The molecule has 1 aliphatic rings. The number of pyridine rings is 1. The lowest BCUT2D eigenvalue weighted by atomic mass is 10.0. The Kier molecular flexibility index (Phi) is 5.38. The molecule has 2 aromatic carbocycles. The molecule has 1 atom stereocenters. The summed E-state index contributed by atoms with van der Waals surface area (Å²) >= 11 is 0. The van der Waals surface area contributed by atoms with Crippen molar-refractivity contribution in [3.05, 3.63) is 60.4 Å². The Morgan fingerprint density at radius 1 is 1.24 bits per heavy atom. The summed E-state index contributed by atoms with van der Waals surface area (Å²) < 4.78 is 34.2. The van der Waals surface area contributed by atoms with Gasteiger partial charge in [0.25, 0.3) is 0 Å². The molecule has 172 valence electrons. The SMILES string of the molecule is CC1(N)CCN(c2c(-c3cc(F)cc(OCC#N)c3)cncc2-c2nc3c(F)cccc3[nH]2)C1. The second kappa shape index (κ2) is 8.39. The number of rotatable bonds is 5. The minimum absolute atomic E-state index is 0.198. The maximum Gasteiger partial charge on any atom is 0.174 e. The predicted molar refractivity (Wildman–Crippen MR) is 125 cm³/mol. The molecule has 4 aromatic rings. The van der Waals surface area contributed by atoms with Crippen molar-refractivity contribution in [1.82, 2.24) is 15.0 Å². The lowest BCUT2D eigenvalue weighted by molar-refractivity contribution is 0.366. The highest BCUT2D eigenvalue weighted by Gasteiger charge is 2.33. The molecule has 7 nitrogen and oxygen atoms in total. The van der Waals surface area contributed by atoms with Gasteiger partial charge in [-0.3, -0.25) is 4.98 Å². The number of nitriles is 1. The van der Waals surface area contributed by atoms with Gasteiger partial charge in [0.1, 0.15) is 29.0 Å². The molecule has 0 radical (unpaired) electrons. The lowest BCUT2D eigenvalue weighted by Crippen LogP contribution is -2.39. The highest BCUT2D eigenvalue weighted by molar-refractivity contribution is 5.91. The van der Waals surface area contributed by atoms with Crippen LogP contribution in [0.5, 0.6) is 5.75 Å². The quantitative estimate of drug-likeness (QED) is 0.458. The van der Waals surface area contributed by atoms with Crippen LogP contribution in [-0.2, 0) is 0 Å². The number of aromatic nitrogens is 3. The van der Waals surface area contributed by atoms with E-state index in [0.717, 1.165) is 12.1 Å². The Labute approximate surface area is 194 Å². The Bertz CT molecular complexity index is 1420. The first-order chi connectivity index (χ1) is 16.3. The zero-order valence-electron chi connectivity index (χ0n) is 18.5. The number of nitrogens with two attached hydrogens (primary N) is 1. The fourth-order valence-corrected chi connectivity index (χ4v) is 4.40. The molecular formula is C25H22F2N6O. The fourth-order valence-electron chi connectivity index (χ4n) is 4.40. The third kappa shape index (κ3) is 4.04. The molecule has 1 aliphatic heterocycles. The zero-order chi connectivity index (χ0) is 23.9. The molecule has 1 fully saturated rings. The molecule has 0 amide bonds. The summed E-state index contributed by atoms with van der Waals surface area (Å²) in [6.07, 6.45) is 4.08. The van der Waals surface area contributed by atoms with Gasteiger partial charge in [0.2, 0.25) is 0 Å². The molecular weight excluding hydrogens is 438 g/mol.